The van der Waals surface area contributed by atoms with E-state index in [1.807, 2.05) is 60.3 Å². The van der Waals surface area contributed by atoms with Crippen molar-refractivity contribution < 1.29 is 9.59 Å². The van der Waals surface area contributed by atoms with Gasteiger partial charge in [-0.05, 0) is 35.4 Å². The van der Waals surface area contributed by atoms with Crippen molar-refractivity contribution in [2.45, 2.75) is 24.6 Å². The monoisotopic (exact) mass is 352 g/mol. The number of rotatable bonds is 3. The number of fused-ring (bicyclic) bond motifs is 2. The minimum atomic E-state index is -0.357. The van der Waals surface area contributed by atoms with Crippen molar-refractivity contribution in [2.75, 3.05) is 17.6 Å². The van der Waals surface area contributed by atoms with Gasteiger partial charge in [-0.25, -0.2) is 0 Å². The second-order valence-corrected chi connectivity index (χ2v) is 7.98. The first-order chi connectivity index (χ1) is 12.2. The highest BCUT2D eigenvalue weighted by Crippen LogP contribution is 2.35. The predicted octanol–water partition coefficient (Wildman–Crippen LogP) is 3.64. The summed E-state index contributed by atoms with van der Waals surface area (Å²) in [6.07, 6.45) is 0.732. The van der Waals surface area contributed by atoms with Gasteiger partial charge in [0, 0.05) is 11.8 Å². The van der Waals surface area contributed by atoms with Crippen molar-refractivity contribution in [1.29, 1.82) is 0 Å². The molecule has 25 heavy (non-hydrogen) atoms. The van der Waals surface area contributed by atoms with Crippen LogP contribution in [0.1, 0.15) is 23.7 Å². The standard InChI is InChI=1S/C20H20N2O2S/c1-2-25-15-11-18-19(23)21-17-9-8-14(13-6-4-3-5-7-13)10-16(17)20(24)22(18)12-15/h3-10,15,18H,2,11-12H2,1H3,(H,21,23)/t15-,18-/m1/s1. The summed E-state index contributed by atoms with van der Waals surface area (Å²) in [5, 5.41) is 3.29. The van der Waals surface area contributed by atoms with Crippen LogP contribution in [-0.4, -0.2) is 40.3 Å². The molecule has 2 atom stereocenters. The molecule has 2 heterocycles. The molecular formula is C20H20N2O2S. The SMILES string of the molecule is CCS[C@@H]1C[C@@H]2C(=O)Nc3ccc(-c4ccccc4)cc3C(=O)N2C1. The second kappa shape index (κ2) is 6.56. The highest BCUT2D eigenvalue weighted by atomic mass is 32.2. The van der Waals surface area contributed by atoms with Crippen LogP contribution in [0.3, 0.4) is 0 Å². The van der Waals surface area contributed by atoms with Crippen LogP contribution in [0.15, 0.2) is 48.5 Å². The molecule has 5 heteroatoms. The number of hydrogen-bond acceptors (Lipinski definition) is 3. The molecule has 2 amide bonds. The zero-order valence-corrected chi connectivity index (χ0v) is 14.9. The first-order valence-electron chi connectivity index (χ1n) is 8.60. The number of thioether (sulfide) groups is 1. The van der Waals surface area contributed by atoms with Crippen molar-refractivity contribution >= 4 is 29.3 Å². The maximum Gasteiger partial charge on any atom is 0.256 e. The molecule has 2 aromatic carbocycles. The quantitative estimate of drug-likeness (QED) is 0.917. The maximum atomic E-state index is 13.1. The molecule has 128 valence electrons. The largest absolute Gasteiger partial charge is 0.325 e. The van der Waals surface area contributed by atoms with Crippen LogP contribution in [-0.2, 0) is 4.79 Å². The Morgan fingerprint density at radius 3 is 2.68 bits per heavy atom. The Labute approximate surface area is 151 Å². The van der Waals surface area contributed by atoms with Crippen molar-refractivity contribution in [2.24, 2.45) is 0 Å². The Kier molecular flexibility index (Phi) is 4.25. The van der Waals surface area contributed by atoms with E-state index in [0.29, 0.717) is 23.0 Å². The Balaban J connectivity index is 1.72. The van der Waals surface area contributed by atoms with Gasteiger partial charge in [0.25, 0.3) is 5.91 Å². The molecule has 2 aliphatic rings. The highest BCUT2D eigenvalue weighted by molar-refractivity contribution is 7.99. The number of benzene rings is 2. The molecule has 2 aliphatic heterocycles. The van der Waals surface area contributed by atoms with Crippen LogP contribution in [0.5, 0.6) is 0 Å². The van der Waals surface area contributed by atoms with E-state index >= 15 is 0 Å². The minimum Gasteiger partial charge on any atom is -0.325 e. The molecule has 0 unspecified atom stereocenters. The van der Waals surface area contributed by atoms with Gasteiger partial charge in [-0.1, -0.05) is 43.3 Å². The Morgan fingerprint density at radius 2 is 1.92 bits per heavy atom. The predicted molar refractivity (Wildman–Crippen MR) is 102 cm³/mol. The molecule has 0 bridgehead atoms. The summed E-state index contributed by atoms with van der Waals surface area (Å²) in [7, 11) is 0. The highest BCUT2D eigenvalue weighted by Gasteiger charge is 2.42. The first kappa shape index (κ1) is 16.2. The molecule has 1 fully saturated rings. The summed E-state index contributed by atoms with van der Waals surface area (Å²) in [4.78, 5) is 27.5. The molecule has 2 aromatic rings. The second-order valence-electron chi connectivity index (χ2n) is 6.40. The Bertz CT molecular complexity index is 822. The number of carbonyl (C=O) groups excluding carboxylic acids is 2. The lowest BCUT2D eigenvalue weighted by molar-refractivity contribution is -0.119. The molecule has 4 nitrogen and oxygen atoms in total. The topological polar surface area (TPSA) is 49.4 Å². The van der Waals surface area contributed by atoms with Crippen molar-refractivity contribution in [3.63, 3.8) is 0 Å². The first-order valence-corrected chi connectivity index (χ1v) is 9.65. The number of carbonyl (C=O) groups is 2. The van der Waals surface area contributed by atoms with Gasteiger partial charge in [0.2, 0.25) is 5.91 Å². The third-order valence-corrected chi connectivity index (χ3v) is 5.99. The van der Waals surface area contributed by atoms with Gasteiger partial charge in [0.1, 0.15) is 6.04 Å². The lowest BCUT2D eigenvalue weighted by Gasteiger charge is -2.20. The number of anilines is 1. The van der Waals surface area contributed by atoms with Crippen LogP contribution < -0.4 is 5.32 Å². The van der Waals surface area contributed by atoms with E-state index < -0.39 is 0 Å². The van der Waals surface area contributed by atoms with E-state index in [-0.39, 0.29) is 17.9 Å². The molecule has 0 aliphatic carbocycles. The van der Waals surface area contributed by atoms with Crippen LogP contribution in [0.4, 0.5) is 5.69 Å². The summed E-state index contributed by atoms with van der Waals surface area (Å²) in [6, 6.07) is 15.3. The summed E-state index contributed by atoms with van der Waals surface area (Å²) in [6.45, 7) is 2.75. The number of nitrogens with zero attached hydrogens (tertiary/aromatic N) is 1. The number of amides is 2. The van der Waals surface area contributed by atoms with Crippen molar-refractivity contribution in [1.82, 2.24) is 4.90 Å². The molecule has 0 saturated carbocycles. The fourth-order valence-electron chi connectivity index (χ4n) is 3.64. The Hall–Kier alpha value is -2.27. The van der Waals surface area contributed by atoms with Crippen LogP contribution in [0.25, 0.3) is 11.1 Å². The maximum absolute atomic E-state index is 13.1. The lowest BCUT2D eigenvalue weighted by Crippen LogP contribution is -2.40. The summed E-state index contributed by atoms with van der Waals surface area (Å²) >= 11 is 1.82. The van der Waals surface area contributed by atoms with Gasteiger partial charge in [-0.3, -0.25) is 9.59 Å². The molecule has 1 saturated heterocycles. The van der Waals surface area contributed by atoms with Gasteiger partial charge < -0.3 is 10.2 Å². The van der Waals surface area contributed by atoms with Crippen molar-refractivity contribution in [3.8, 4) is 11.1 Å². The lowest BCUT2D eigenvalue weighted by atomic mass is 10.0. The van der Waals surface area contributed by atoms with E-state index in [1.165, 1.54) is 0 Å². The number of nitrogens with one attached hydrogen (secondary N) is 1. The summed E-state index contributed by atoms with van der Waals surface area (Å²) in [5.41, 5.74) is 3.24. The average molecular weight is 352 g/mol. The molecule has 4 rings (SSSR count). The third kappa shape index (κ3) is 2.93. The van der Waals surface area contributed by atoms with E-state index in [4.69, 9.17) is 0 Å². The van der Waals surface area contributed by atoms with E-state index in [0.717, 1.165) is 23.3 Å². The van der Waals surface area contributed by atoms with Crippen LogP contribution >= 0.6 is 11.8 Å². The molecule has 0 spiro atoms. The van der Waals surface area contributed by atoms with Gasteiger partial charge in [-0.2, -0.15) is 11.8 Å². The molecule has 0 aromatic heterocycles. The third-order valence-electron chi connectivity index (χ3n) is 4.84. The van der Waals surface area contributed by atoms with E-state index in [9.17, 15) is 9.59 Å². The summed E-state index contributed by atoms with van der Waals surface area (Å²) in [5.74, 6) is 0.879. The normalized spacial score (nSPS) is 22.2. The van der Waals surface area contributed by atoms with Gasteiger partial charge in [-0.15, -0.1) is 0 Å². The molecule has 1 N–H and O–H groups in total. The van der Waals surface area contributed by atoms with Crippen LogP contribution in [0.2, 0.25) is 0 Å². The minimum absolute atomic E-state index is 0.0460. The fraction of sp³-hybridized carbons (Fsp3) is 0.300. The molecular weight excluding hydrogens is 332 g/mol. The van der Waals surface area contributed by atoms with Crippen LogP contribution in [0, 0.1) is 0 Å². The van der Waals surface area contributed by atoms with Gasteiger partial charge >= 0.3 is 0 Å². The zero-order valence-electron chi connectivity index (χ0n) is 14.1. The molecule has 0 radical (unpaired) electrons. The van der Waals surface area contributed by atoms with Gasteiger partial charge in [0.05, 0.1) is 11.3 Å². The van der Waals surface area contributed by atoms with E-state index in [1.54, 1.807) is 4.90 Å². The average Bonchev–Trinajstić information content (AvgIpc) is 3.03. The smallest absolute Gasteiger partial charge is 0.256 e. The Morgan fingerprint density at radius 1 is 1.12 bits per heavy atom. The summed E-state index contributed by atoms with van der Waals surface area (Å²) < 4.78 is 0. The van der Waals surface area contributed by atoms with Gasteiger partial charge in [0.15, 0.2) is 0 Å². The number of hydrogen-bond donors (Lipinski definition) is 1. The fourth-order valence-corrected chi connectivity index (χ4v) is 4.69. The van der Waals surface area contributed by atoms with E-state index in [2.05, 4.69) is 12.2 Å². The van der Waals surface area contributed by atoms with Crippen molar-refractivity contribution in [3.05, 3.63) is 54.1 Å². The zero-order chi connectivity index (χ0) is 17.4.